The van der Waals surface area contributed by atoms with Gasteiger partial charge in [0.05, 0.1) is 0 Å². The van der Waals surface area contributed by atoms with E-state index in [1.165, 1.54) is 0 Å². The van der Waals surface area contributed by atoms with Crippen LogP contribution >= 0.6 is 11.6 Å². The summed E-state index contributed by atoms with van der Waals surface area (Å²) in [6.07, 6.45) is 2.53. The van der Waals surface area contributed by atoms with Gasteiger partial charge in [0.1, 0.15) is 11.7 Å². The molecule has 0 aliphatic heterocycles. The predicted molar refractivity (Wildman–Crippen MR) is 102 cm³/mol. The summed E-state index contributed by atoms with van der Waals surface area (Å²) < 4.78 is 0. The molecule has 0 fully saturated rings. The molecule has 0 aliphatic carbocycles. The van der Waals surface area contributed by atoms with Crippen LogP contribution in [0, 0.1) is 0 Å². The molecule has 132 valence electrons. The number of aliphatic imine (C=N–C) groups is 1. The lowest BCUT2D eigenvalue weighted by atomic mass is 10.2. The number of nitrogens with zero attached hydrogens (tertiary/aromatic N) is 2. The molecule has 0 atom stereocenters. The smallest absolute Gasteiger partial charge is 0.246 e. The molecule has 25 heavy (non-hydrogen) atoms. The van der Waals surface area contributed by atoms with E-state index in [4.69, 9.17) is 11.6 Å². The first kappa shape index (κ1) is 18.7. The van der Waals surface area contributed by atoms with Crippen molar-refractivity contribution in [2.45, 2.75) is 13.3 Å². The number of carbonyl (C=O) groups is 1. The third-order valence-corrected chi connectivity index (χ3v) is 3.50. The summed E-state index contributed by atoms with van der Waals surface area (Å²) in [4.78, 5) is 20.3. The van der Waals surface area contributed by atoms with Gasteiger partial charge in [0.15, 0.2) is 5.96 Å². The number of guanidine groups is 1. The van der Waals surface area contributed by atoms with E-state index in [1.807, 2.05) is 43.3 Å². The lowest BCUT2D eigenvalue weighted by molar-refractivity contribution is -0.114. The highest BCUT2D eigenvalue weighted by atomic mass is 35.5. The van der Waals surface area contributed by atoms with Crippen molar-refractivity contribution in [1.82, 2.24) is 15.6 Å². The summed E-state index contributed by atoms with van der Waals surface area (Å²) in [7, 11) is 0. The molecule has 0 unspecified atom stereocenters. The summed E-state index contributed by atoms with van der Waals surface area (Å²) in [5.74, 6) is 0.443. The minimum Gasteiger partial charge on any atom is -0.357 e. The van der Waals surface area contributed by atoms with Gasteiger partial charge in [-0.05, 0) is 37.1 Å². The van der Waals surface area contributed by atoms with E-state index < -0.39 is 0 Å². The molecule has 1 heterocycles. The molecule has 0 spiro atoms. The Morgan fingerprint density at radius 3 is 2.64 bits per heavy atom. The Hall–Kier alpha value is -2.60. The summed E-state index contributed by atoms with van der Waals surface area (Å²) in [5, 5.41) is 9.61. The van der Waals surface area contributed by atoms with Crippen molar-refractivity contribution in [1.29, 1.82) is 0 Å². The second-order valence-corrected chi connectivity index (χ2v) is 5.66. The molecular formula is C18H22ClN5O. The van der Waals surface area contributed by atoms with Gasteiger partial charge >= 0.3 is 0 Å². The lowest BCUT2D eigenvalue weighted by Crippen LogP contribution is -2.39. The number of para-hydroxylation sites is 1. The summed E-state index contributed by atoms with van der Waals surface area (Å²) in [5.41, 5.74) is 1.84. The number of pyridine rings is 1. The van der Waals surface area contributed by atoms with Gasteiger partial charge in [-0.15, -0.1) is 0 Å². The molecule has 0 saturated carbocycles. The van der Waals surface area contributed by atoms with Crippen LogP contribution in [0.4, 0.5) is 5.69 Å². The van der Waals surface area contributed by atoms with E-state index in [9.17, 15) is 4.79 Å². The average molecular weight is 360 g/mol. The summed E-state index contributed by atoms with van der Waals surface area (Å²) in [6, 6.07) is 13.0. The Labute approximate surface area is 152 Å². The topological polar surface area (TPSA) is 78.4 Å². The largest absolute Gasteiger partial charge is 0.357 e. The number of amides is 1. The quantitative estimate of drug-likeness (QED) is 0.403. The fourth-order valence-electron chi connectivity index (χ4n) is 2.09. The molecule has 3 N–H and O–H groups in total. The van der Waals surface area contributed by atoms with E-state index in [-0.39, 0.29) is 12.5 Å². The number of halogens is 1. The van der Waals surface area contributed by atoms with Crippen LogP contribution in [0.15, 0.2) is 53.7 Å². The summed E-state index contributed by atoms with van der Waals surface area (Å²) >= 11 is 5.77. The summed E-state index contributed by atoms with van der Waals surface area (Å²) in [6.45, 7) is 3.42. The fourth-order valence-corrected chi connectivity index (χ4v) is 2.21. The van der Waals surface area contributed by atoms with Gasteiger partial charge in [-0.25, -0.2) is 9.98 Å². The molecule has 0 aliphatic rings. The maximum atomic E-state index is 12.0. The Kier molecular flexibility index (Phi) is 7.72. The minimum atomic E-state index is -0.162. The van der Waals surface area contributed by atoms with Crippen molar-refractivity contribution in [2.24, 2.45) is 4.99 Å². The van der Waals surface area contributed by atoms with E-state index >= 15 is 0 Å². The lowest BCUT2D eigenvalue weighted by Gasteiger charge is -2.11. The van der Waals surface area contributed by atoms with E-state index in [0.29, 0.717) is 24.2 Å². The van der Waals surface area contributed by atoms with Crippen molar-refractivity contribution in [3.8, 4) is 0 Å². The monoisotopic (exact) mass is 359 g/mol. The van der Waals surface area contributed by atoms with Crippen LogP contribution in [-0.2, 0) is 11.2 Å². The maximum Gasteiger partial charge on any atom is 0.246 e. The average Bonchev–Trinajstić information content (AvgIpc) is 2.62. The number of hydrogen-bond acceptors (Lipinski definition) is 3. The van der Waals surface area contributed by atoms with E-state index in [1.54, 1.807) is 12.3 Å². The van der Waals surface area contributed by atoms with Crippen molar-refractivity contribution >= 4 is 29.2 Å². The normalized spacial score (nSPS) is 11.0. The predicted octanol–water partition coefficient (Wildman–Crippen LogP) is 2.47. The number of anilines is 1. The van der Waals surface area contributed by atoms with Crippen LogP contribution in [0.3, 0.4) is 0 Å². The molecule has 6 nitrogen and oxygen atoms in total. The van der Waals surface area contributed by atoms with Crippen molar-refractivity contribution < 1.29 is 4.79 Å². The molecule has 1 aromatic carbocycles. The second kappa shape index (κ2) is 10.3. The van der Waals surface area contributed by atoms with Crippen LogP contribution in [0.5, 0.6) is 0 Å². The van der Waals surface area contributed by atoms with Gasteiger partial charge in [0.2, 0.25) is 5.91 Å². The van der Waals surface area contributed by atoms with Gasteiger partial charge in [-0.1, -0.05) is 35.9 Å². The van der Waals surface area contributed by atoms with Crippen molar-refractivity contribution in [3.63, 3.8) is 0 Å². The molecule has 0 saturated heterocycles. The highest BCUT2D eigenvalue weighted by Gasteiger charge is 2.03. The van der Waals surface area contributed by atoms with Crippen LogP contribution in [0.1, 0.15) is 12.5 Å². The number of nitrogens with one attached hydrogen (secondary N) is 3. The van der Waals surface area contributed by atoms with Crippen LogP contribution in [-0.4, -0.2) is 36.5 Å². The van der Waals surface area contributed by atoms with E-state index in [2.05, 4.69) is 25.9 Å². The van der Waals surface area contributed by atoms with Gasteiger partial charge in [0.25, 0.3) is 0 Å². The first-order valence-electron chi connectivity index (χ1n) is 8.15. The highest BCUT2D eigenvalue weighted by Crippen LogP contribution is 2.05. The van der Waals surface area contributed by atoms with Gasteiger partial charge < -0.3 is 16.0 Å². The zero-order chi connectivity index (χ0) is 17.9. The molecule has 7 heteroatoms. The number of carbonyl (C=O) groups excluding carboxylic acids is 1. The fraction of sp³-hybridized carbons (Fsp3) is 0.278. The maximum absolute atomic E-state index is 12.0. The SMILES string of the molecule is CCNC(=NCC(=O)Nc1ccccc1)NCCc1ccc(Cl)nc1. The molecule has 1 aromatic heterocycles. The first-order chi connectivity index (χ1) is 12.2. The number of benzene rings is 1. The van der Waals surface area contributed by atoms with Gasteiger partial charge in [-0.3, -0.25) is 4.79 Å². The highest BCUT2D eigenvalue weighted by molar-refractivity contribution is 6.29. The first-order valence-corrected chi connectivity index (χ1v) is 8.52. The van der Waals surface area contributed by atoms with Gasteiger partial charge in [-0.2, -0.15) is 0 Å². The van der Waals surface area contributed by atoms with Crippen LogP contribution in [0.25, 0.3) is 0 Å². The number of rotatable bonds is 7. The minimum absolute atomic E-state index is 0.0483. The number of hydrogen-bond donors (Lipinski definition) is 3. The molecule has 2 rings (SSSR count). The zero-order valence-electron chi connectivity index (χ0n) is 14.1. The third-order valence-electron chi connectivity index (χ3n) is 3.28. The van der Waals surface area contributed by atoms with Crippen molar-refractivity contribution in [2.75, 3.05) is 25.0 Å². The molecular weight excluding hydrogens is 338 g/mol. The Bertz CT molecular complexity index is 688. The Balaban J connectivity index is 1.80. The van der Waals surface area contributed by atoms with Crippen molar-refractivity contribution in [3.05, 3.63) is 59.4 Å². The molecule has 1 amide bonds. The Morgan fingerprint density at radius 2 is 1.96 bits per heavy atom. The second-order valence-electron chi connectivity index (χ2n) is 5.28. The number of aromatic nitrogens is 1. The Morgan fingerprint density at radius 1 is 1.16 bits per heavy atom. The van der Waals surface area contributed by atoms with Crippen LogP contribution < -0.4 is 16.0 Å². The zero-order valence-corrected chi connectivity index (χ0v) is 14.9. The van der Waals surface area contributed by atoms with Crippen LogP contribution in [0.2, 0.25) is 5.15 Å². The standard InChI is InChI=1S/C18H22ClN5O/c1-2-20-18(21-11-10-14-8-9-16(19)22-12-14)23-13-17(25)24-15-6-4-3-5-7-15/h3-9,12H,2,10-11,13H2,1H3,(H,24,25)(H2,20,21,23). The van der Waals surface area contributed by atoms with Gasteiger partial charge in [0, 0.05) is 25.0 Å². The van der Waals surface area contributed by atoms with E-state index in [0.717, 1.165) is 17.7 Å². The molecule has 0 radical (unpaired) electrons. The third kappa shape index (κ3) is 7.22. The molecule has 2 aromatic rings. The molecule has 0 bridgehead atoms.